The summed E-state index contributed by atoms with van der Waals surface area (Å²) in [5, 5.41) is 3.50. The summed E-state index contributed by atoms with van der Waals surface area (Å²) >= 11 is 0. The summed E-state index contributed by atoms with van der Waals surface area (Å²) in [6, 6.07) is 9.70. The molecule has 1 aliphatic carbocycles. The Morgan fingerprint density at radius 1 is 1.36 bits per heavy atom. The molecule has 0 aliphatic heterocycles. The second kappa shape index (κ2) is 4.14. The van der Waals surface area contributed by atoms with Crippen molar-refractivity contribution in [3.8, 4) is 0 Å². The van der Waals surface area contributed by atoms with Gasteiger partial charge in [-0.1, -0.05) is 36.8 Å². The Bertz CT molecular complexity index is 300. The van der Waals surface area contributed by atoms with Gasteiger partial charge in [0, 0.05) is 6.04 Å². The van der Waals surface area contributed by atoms with Crippen molar-refractivity contribution < 1.29 is 0 Å². The second-order valence-corrected chi connectivity index (χ2v) is 4.34. The van der Waals surface area contributed by atoms with Crippen molar-refractivity contribution in [1.82, 2.24) is 5.32 Å². The Kier molecular flexibility index (Phi) is 2.87. The van der Waals surface area contributed by atoms with Gasteiger partial charge in [-0.05, 0) is 37.8 Å². The third-order valence-corrected chi connectivity index (χ3v) is 3.14. The summed E-state index contributed by atoms with van der Waals surface area (Å²) in [7, 11) is 0. The van der Waals surface area contributed by atoms with Gasteiger partial charge in [0.2, 0.25) is 0 Å². The number of aryl methyl sites for hydroxylation is 1. The molecule has 1 aromatic rings. The largest absolute Gasteiger partial charge is 0.314 e. The van der Waals surface area contributed by atoms with Crippen molar-refractivity contribution >= 4 is 0 Å². The average Bonchev–Trinajstić information content (AvgIpc) is 2.10. The van der Waals surface area contributed by atoms with E-state index in [4.69, 9.17) is 0 Å². The van der Waals surface area contributed by atoms with Crippen LogP contribution in [0.5, 0.6) is 0 Å². The predicted molar refractivity (Wildman–Crippen MR) is 60.6 cm³/mol. The van der Waals surface area contributed by atoms with Crippen LogP contribution in [-0.2, 0) is 0 Å². The molecule has 1 saturated carbocycles. The highest BCUT2D eigenvalue weighted by molar-refractivity contribution is 5.27. The van der Waals surface area contributed by atoms with E-state index >= 15 is 0 Å². The monoisotopic (exact) mass is 189 g/mol. The molecular weight excluding hydrogens is 170 g/mol. The molecule has 0 radical (unpaired) electrons. The summed E-state index contributed by atoms with van der Waals surface area (Å²) in [6.07, 6.45) is 2.63. The van der Waals surface area contributed by atoms with Crippen LogP contribution in [0, 0.1) is 6.92 Å². The molecule has 0 saturated heterocycles. The number of hydrogen-bond donors (Lipinski definition) is 1. The van der Waals surface area contributed by atoms with Gasteiger partial charge in [0.15, 0.2) is 0 Å². The Hall–Kier alpha value is -0.820. The molecule has 0 aromatic heterocycles. The fourth-order valence-corrected chi connectivity index (χ4v) is 2.27. The first-order valence-electron chi connectivity index (χ1n) is 5.59. The lowest BCUT2D eigenvalue weighted by atomic mass is 9.75. The third-order valence-electron chi connectivity index (χ3n) is 3.14. The van der Waals surface area contributed by atoms with Gasteiger partial charge in [-0.25, -0.2) is 0 Å². The molecule has 1 aromatic carbocycles. The highest BCUT2D eigenvalue weighted by Gasteiger charge is 2.29. The SMILES string of the molecule is CCNC1CC(c2cccc(C)c2)C1. The zero-order valence-electron chi connectivity index (χ0n) is 9.09. The van der Waals surface area contributed by atoms with Crippen LogP contribution in [0.1, 0.15) is 36.8 Å². The second-order valence-electron chi connectivity index (χ2n) is 4.34. The van der Waals surface area contributed by atoms with Gasteiger partial charge in [0.05, 0.1) is 0 Å². The van der Waals surface area contributed by atoms with Crippen LogP contribution in [-0.4, -0.2) is 12.6 Å². The molecule has 0 bridgehead atoms. The minimum absolute atomic E-state index is 0.769. The molecule has 1 heteroatoms. The normalized spacial score (nSPS) is 25.9. The summed E-state index contributed by atoms with van der Waals surface area (Å²) in [5.74, 6) is 0.805. The third kappa shape index (κ3) is 1.98. The van der Waals surface area contributed by atoms with Gasteiger partial charge in [0.25, 0.3) is 0 Å². The standard InChI is InChI=1S/C13H19N/c1-3-14-13-8-12(9-13)11-6-4-5-10(2)7-11/h4-7,12-14H,3,8-9H2,1-2H3. The van der Waals surface area contributed by atoms with E-state index < -0.39 is 0 Å². The van der Waals surface area contributed by atoms with E-state index in [2.05, 4.69) is 43.4 Å². The van der Waals surface area contributed by atoms with Gasteiger partial charge in [-0.2, -0.15) is 0 Å². The van der Waals surface area contributed by atoms with Crippen LogP contribution in [0.15, 0.2) is 24.3 Å². The first kappa shape index (κ1) is 9.72. The lowest BCUT2D eigenvalue weighted by Crippen LogP contribution is -2.39. The predicted octanol–water partition coefficient (Wildman–Crippen LogP) is 2.85. The van der Waals surface area contributed by atoms with Gasteiger partial charge in [0.1, 0.15) is 0 Å². The van der Waals surface area contributed by atoms with E-state index in [1.807, 2.05) is 0 Å². The van der Waals surface area contributed by atoms with Gasteiger partial charge in [-0.3, -0.25) is 0 Å². The van der Waals surface area contributed by atoms with Gasteiger partial charge in [-0.15, -0.1) is 0 Å². The summed E-state index contributed by atoms with van der Waals surface area (Å²) in [4.78, 5) is 0. The summed E-state index contributed by atoms with van der Waals surface area (Å²) in [6.45, 7) is 5.45. The quantitative estimate of drug-likeness (QED) is 0.771. The average molecular weight is 189 g/mol. The van der Waals surface area contributed by atoms with Crippen LogP contribution >= 0.6 is 0 Å². The van der Waals surface area contributed by atoms with E-state index in [0.717, 1.165) is 18.5 Å². The molecule has 0 spiro atoms. The molecule has 76 valence electrons. The van der Waals surface area contributed by atoms with Crippen molar-refractivity contribution in [1.29, 1.82) is 0 Å². The Balaban J connectivity index is 1.93. The lowest BCUT2D eigenvalue weighted by molar-refractivity contribution is 0.296. The minimum atomic E-state index is 0.769. The molecular formula is C13H19N. The molecule has 14 heavy (non-hydrogen) atoms. The highest BCUT2D eigenvalue weighted by atomic mass is 14.9. The van der Waals surface area contributed by atoms with E-state index in [0.29, 0.717) is 0 Å². The molecule has 1 nitrogen and oxygen atoms in total. The van der Waals surface area contributed by atoms with E-state index in [1.165, 1.54) is 24.0 Å². The molecule has 0 amide bonds. The minimum Gasteiger partial charge on any atom is -0.314 e. The number of hydrogen-bond acceptors (Lipinski definition) is 1. The smallest absolute Gasteiger partial charge is 0.00786 e. The molecule has 1 N–H and O–H groups in total. The van der Waals surface area contributed by atoms with Crippen molar-refractivity contribution in [2.45, 2.75) is 38.6 Å². The van der Waals surface area contributed by atoms with Crippen molar-refractivity contribution in [3.63, 3.8) is 0 Å². The highest BCUT2D eigenvalue weighted by Crippen LogP contribution is 2.36. The van der Waals surface area contributed by atoms with E-state index in [9.17, 15) is 0 Å². The fraction of sp³-hybridized carbons (Fsp3) is 0.538. The fourth-order valence-electron chi connectivity index (χ4n) is 2.27. The number of rotatable bonds is 3. The van der Waals surface area contributed by atoms with Crippen molar-refractivity contribution in [2.24, 2.45) is 0 Å². The van der Waals surface area contributed by atoms with Gasteiger partial charge >= 0.3 is 0 Å². The van der Waals surface area contributed by atoms with Crippen molar-refractivity contribution in [3.05, 3.63) is 35.4 Å². The van der Waals surface area contributed by atoms with Crippen LogP contribution in [0.25, 0.3) is 0 Å². The van der Waals surface area contributed by atoms with Crippen LogP contribution < -0.4 is 5.32 Å². The zero-order valence-corrected chi connectivity index (χ0v) is 9.09. The summed E-state index contributed by atoms with van der Waals surface area (Å²) in [5.41, 5.74) is 2.91. The molecule has 1 aliphatic rings. The number of nitrogens with one attached hydrogen (secondary N) is 1. The zero-order chi connectivity index (χ0) is 9.97. The van der Waals surface area contributed by atoms with Crippen LogP contribution in [0.4, 0.5) is 0 Å². The molecule has 0 atom stereocenters. The Morgan fingerprint density at radius 2 is 2.14 bits per heavy atom. The maximum Gasteiger partial charge on any atom is 0.00786 e. The Labute approximate surface area is 86.5 Å². The van der Waals surface area contributed by atoms with Crippen LogP contribution in [0.2, 0.25) is 0 Å². The molecule has 1 fully saturated rings. The molecule has 0 heterocycles. The topological polar surface area (TPSA) is 12.0 Å². The maximum absolute atomic E-state index is 3.50. The van der Waals surface area contributed by atoms with Crippen molar-refractivity contribution in [2.75, 3.05) is 6.54 Å². The van der Waals surface area contributed by atoms with E-state index in [1.54, 1.807) is 0 Å². The maximum atomic E-state index is 3.50. The summed E-state index contributed by atoms with van der Waals surface area (Å²) < 4.78 is 0. The molecule has 0 unspecified atom stereocenters. The van der Waals surface area contributed by atoms with Crippen LogP contribution in [0.3, 0.4) is 0 Å². The lowest BCUT2D eigenvalue weighted by Gasteiger charge is -2.36. The first-order valence-corrected chi connectivity index (χ1v) is 5.59. The Morgan fingerprint density at radius 3 is 2.79 bits per heavy atom. The first-order chi connectivity index (χ1) is 6.79. The number of benzene rings is 1. The van der Waals surface area contributed by atoms with E-state index in [-0.39, 0.29) is 0 Å². The molecule has 2 rings (SSSR count). The van der Waals surface area contributed by atoms with Gasteiger partial charge < -0.3 is 5.32 Å².